The zero-order valence-corrected chi connectivity index (χ0v) is 13.2. The van der Waals surface area contributed by atoms with Crippen molar-refractivity contribution in [3.8, 4) is 0 Å². The van der Waals surface area contributed by atoms with Crippen molar-refractivity contribution >= 4 is 32.0 Å². The quantitative estimate of drug-likeness (QED) is 0.378. The van der Waals surface area contributed by atoms with E-state index >= 15 is 0 Å². The zero-order chi connectivity index (χ0) is 15.7. The van der Waals surface area contributed by atoms with Gasteiger partial charge in [0.25, 0.3) is 0 Å². The van der Waals surface area contributed by atoms with Gasteiger partial charge >= 0.3 is 5.69 Å². The van der Waals surface area contributed by atoms with Crippen molar-refractivity contribution in [2.24, 2.45) is 11.3 Å². The number of hydrogen-bond acceptors (Lipinski definition) is 7. The number of thiophene rings is 1. The second kappa shape index (κ2) is 5.87. The summed E-state index contributed by atoms with van der Waals surface area (Å²) < 4.78 is 26.9. The van der Waals surface area contributed by atoms with Crippen LogP contribution in [0, 0.1) is 15.5 Å². The van der Waals surface area contributed by atoms with Gasteiger partial charge < -0.3 is 5.43 Å². The molecular weight excluding hydrogens is 316 g/mol. The Morgan fingerprint density at radius 1 is 1.52 bits per heavy atom. The molecule has 0 aliphatic heterocycles. The van der Waals surface area contributed by atoms with Gasteiger partial charge in [-0.2, -0.15) is 0 Å². The Morgan fingerprint density at radius 3 is 2.62 bits per heavy atom. The second-order valence-corrected chi connectivity index (χ2v) is 8.30. The number of anilines is 1. The molecule has 0 saturated heterocycles. The number of nitrogens with zero attached hydrogens (tertiary/aromatic N) is 1. The number of hydrazine groups is 1. The lowest BCUT2D eigenvalue weighted by Crippen LogP contribution is -2.29. The Labute approximate surface area is 126 Å². The fraction of sp³-hybridized carbons (Fsp3) is 0.636. The van der Waals surface area contributed by atoms with Crippen LogP contribution in [0.5, 0.6) is 0 Å². The van der Waals surface area contributed by atoms with Gasteiger partial charge in [0.2, 0.25) is 10.0 Å². The fourth-order valence-electron chi connectivity index (χ4n) is 2.27. The Hall–Kier alpha value is -1.23. The maximum atomic E-state index is 12.2. The van der Waals surface area contributed by atoms with Crippen molar-refractivity contribution in [2.75, 3.05) is 12.0 Å². The molecule has 1 aromatic heterocycles. The number of nitrogen functional groups attached to an aromatic ring is 1. The highest BCUT2D eigenvalue weighted by Crippen LogP contribution is 2.49. The highest BCUT2D eigenvalue weighted by molar-refractivity contribution is 7.91. The first-order valence-electron chi connectivity index (χ1n) is 6.58. The van der Waals surface area contributed by atoms with Crippen LogP contribution in [0.3, 0.4) is 0 Å². The SMILES string of the molecule is CCCC1(CNS(=O)(=O)c2cc([N+](=O)[O-])c(NN)s2)CC1. The smallest absolute Gasteiger partial charge is 0.306 e. The molecule has 0 amide bonds. The highest BCUT2D eigenvalue weighted by Gasteiger charge is 2.42. The van der Waals surface area contributed by atoms with Gasteiger partial charge in [-0.15, -0.1) is 0 Å². The number of nitrogens with one attached hydrogen (secondary N) is 2. The van der Waals surface area contributed by atoms with Crippen molar-refractivity contribution in [2.45, 2.75) is 36.8 Å². The maximum absolute atomic E-state index is 12.2. The van der Waals surface area contributed by atoms with E-state index in [4.69, 9.17) is 5.84 Å². The maximum Gasteiger partial charge on any atom is 0.306 e. The molecular formula is C11H18N4O4S2. The van der Waals surface area contributed by atoms with E-state index in [1.54, 1.807) is 0 Å². The lowest BCUT2D eigenvalue weighted by Gasteiger charge is -2.14. The molecule has 4 N–H and O–H groups in total. The molecule has 0 atom stereocenters. The molecule has 1 fully saturated rings. The molecule has 118 valence electrons. The minimum absolute atomic E-state index is 0.0232. The van der Waals surface area contributed by atoms with Crippen molar-refractivity contribution in [1.82, 2.24) is 4.72 Å². The van der Waals surface area contributed by atoms with Crippen LogP contribution in [0.1, 0.15) is 32.6 Å². The van der Waals surface area contributed by atoms with E-state index in [1.807, 2.05) is 0 Å². The van der Waals surface area contributed by atoms with Gasteiger partial charge in [0.1, 0.15) is 4.21 Å². The standard InChI is InChI=1S/C11H18N4O4S2/c1-2-3-11(4-5-11)7-13-21(18,19)9-6-8(15(16)17)10(14-12)20-9/h6,13-14H,2-5,7,12H2,1H3. The van der Waals surface area contributed by atoms with E-state index in [-0.39, 0.29) is 20.3 Å². The van der Waals surface area contributed by atoms with Gasteiger partial charge in [-0.25, -0.2) is 19.0 Å². The van der Waals surface area contributed by atoms with Crippen LogP contribution < -0.4 is 16.0 Å². The summed E-state index contributed by atoms with van der Waals surface area (Å²) >= 11 is 0.751. The summed E-state index contributed by atoms with van der Waals surface area (Å²) in [6, 6.07) is 1.03. The third-order valence-electron chi connectivity index (χ3n) is 3.66. The molecule has 0 bridgehead atoms. The number of nitro groups is 1. The lowest BCUT2D eigenvalue weighted by molar-refractivity contribution is -0.383. The summed E-state index contributed by atoms with van der Waals surface area (Å²) in [5, 5.41) is 10.9. The van der Waals surface area contributed by atoms with Crippen molar-refractivity contribution in [1.29, 1.82) is 0 Å². The third-order valence-corrected chi connectivity index (χ3v) is 6.59. The van der Waals surface area contributed by atoms with Crippen molar-refractivity contribution in [3.63, 3.8) is 0 Å². The van der Waals surface area contributed by atoms with Crippen LogP contribution in [0.25, 0.3) is 0 Å². The minimum Gasteiger partial charge on any atom is -0.310 e. The van der Waals surface area contributed by atoms with Crippen LogP contribution in [0.2, 0.25) is 0 Å². The molecule has 1 aliphatic rings. The third kappa shape index (κ3) is 3.51. The number of rotatable bonds is 8. The molecule has 2 rings (SSSR count). The predicted octanol–water partition coefficient (Wildman–Crippen LogP) is 1.80. The summed E-state index contributed by atoms with van der Waals surface area (Å²) in [7, 11) is -3.75. The Bertz CT molecular complexity index is 637. The van der Waals surface area contributed by atoms with Crippen LogP contribution in [-0.4, -0.2) is 19.9 Å². The average molecular weight is 334 g/mol. The van der Waals surface area contributed by atoms with Crippen LogP contribution in [0.4, 0.5) is 10.7 Å². The molecule has 0 spiro atoms. The molecule has 10 heteroatoms. The lowest BCUT2D eigenvalue weighted by atomic mass is 10.0. The molecule has 1 aliphatic carbocycles. The van der Waals surface area contributed by atoms with Crippen LogP contribution >= 0.6 is 11.3 Å². The fourth-order valence-corrected chi connectivity index (χ4v) is 4.71. The van der Waals surface area contributed by atoms with Gasteiger partial charge in [0.05, 0.1) is 4.92 Å². The first kappa shape index (κ1) is 16.1. The Balaban J connectivity index is 2.14. The van der Waals surface area contributed by atoms with E-state index in [0.717, 1.165) is 43.1 Å². The summed E-state index contributed by atoms with van der Waals surface area (Å²) in [6.45, 7) is 2.44. The molecule has 1 heterocycles. The topological polar surface area (TPSA) is 127 Å². The average Bonchev–Trinajstić information content (AvgIpc) is 3.03. The molecule has 1 aromatic rings. The minimum atomic E-state index is -3.75. The first-order valence-corrected chi connectivity index (χ1v) is 8.88. The first-order chi connectivity index (χ1) is 9.83. The van der Waals surface area contributed by atoms with E-state index in [1.165, 1.54) is 0 Å². The molecule has 8 nitrogen and oxygen atoms in total. The summed E-state index contributed by atoms with van der Waals surface area (Å²) in [5.41, 5.74) is 1.89. The van der Waals surface area contributed by atoms with E-state index in [9.17, 15) is 18.5 Å². The number of nitrogens with two attached hydrogens (primary N) is 1. The monoisotopic (exact) mass is 334 g/mol. The largest absolute Gasteiger partial charge is 0.310 e. The van der Waals surface area contributed by atoms with Crippen molar-refractivity contribution < 1.29 is 13.3 Å². The normalized spacial score (nSPS) is 16.7. The van der Waals surface area contributed by atoms with Crippen LogP contribution in [-0.2, 0) is 10.0 Å². The summed E-state index contributed by atoms with van der Waals surface area (Å²) in [4.78, 5) is 10.2. The molecule has 0 aromatic carbocycles. The molecule has 0 unspecified atom stereocenters. The molecule has 1 saturated carbocycles. The van der Waals surface area contributed by atoms with Gasteiger partial charge in [-0.05, 0) is 24.7 Å². The van der Waals surface area contributed by atoms with Crippen molar-refractivity contribution in [3.05, 3.63) is 16.2 Å². The predicted molar refractivity (Wildman–Crippen MR) is 80.5 cm³/mol. The van der Waals surface area contributed by atoms with Crippen LogP contribution in [0.15, 0.2) is 10.3 Å². The second-order valence-electron chi connectivity index (χ2n) is 5.26. The summed E-state index contributed by atoms with van der Waals surface area (Å²) in [6.07, 6.45) is 4.02. The van der Waals surface area contributed by atoms with E-state index < -0.39 is 14.9 Å². The summed E-state index contributed by atoms with van der Waals surface area (Å²) in [5.74, 6) is 5.18. The zero-order valence-electron chi connectivity index (χ0n) is 11.6. The van der Waals surface area contributed by atoms with Gasteiger partial charge in [-0.1, -0.05) is 24.7 Å². The van der Waals surface area contributed by atoms with E-state index in [2.05, 4.69) is 17.1 Å². The molecule has 21 heavy (non-hydrogen) atoms. The number of sulfonamides is 1. The van der Waals surface area contributed by atoms with Gasteiger partial charge in [0, 0.05) is 12.6 Å². The number of hydrogen-bond donors (Lipinski definition) is 3. The Kier molecular flexibility index (Phi) is 4.51. The highest BCUT2D eigenvalue weighted by atomic mass is 32.2. The van der Waals surface area contributed by atoms with E-state index in [0.29, 0.717) is 6.54 Å². The van der Waals surface area contributed by atoms with Gasteiger partial charge in [0.15, 0.2) is 5.00 Å². The Morgan fingerprint density at radius 2 is 2.19 bits per heavy atom. The molecule has 0 radical (unpaired) electrons. The van der Waals surface area contributed by atoms with Gasteiger partial charge in [-0.3, -0.25) is 10.1 Å².